The van der Waals surface area contributed by atoms with Gasteiger partial charge in [0.1, 0.15) is 6.33 Å². The number of nitrogens with zero attached hydrogens (tertiary/aromatic N) is 3. The van der Waals surface area contributed by atoms with Gasteiger partial charge in [-0.1, -0.05) is 45.1 Å². The van der Waals surface area contributed by atoms with Gasteiger partial charge >= 0.3 is 0 Å². The first-order valence-corrected chi connectivity index (χ1v) is 9.91. The van der Waals surface area contributed by atoms with Gasteiger partial charge in [-0.3, -0.25) is 0 Å². The molecule has 1 N–H and O–H groups in total. The molecule has 0 atom stereocenters. The van der Waals surface area contributed by atoms with Crippen LogP contribution >= 0.6 is 11.6 Å². The Bertz CT molecular complexity index is 861. The van der Waals surface area contributed by atoms with E-state index in [0.717, 1.165) is 0 Å². The van der Waals surface area contributed by atoms with Gasteiger partial charge < -0.3 is 5.32 Å². The van der Waals surface area contributed by atoms with Crippen LogP contribution in [-0.2, 0) is 15.6 Å². The number of hydrogen-bond donors (Lipinski definition) is 1. The summed E-state index contributed by atoms with van der Waals surface area (Å²) in [6, 6.07) is 7.10. The molecule has 0 amide bonds. The number of aromatic nitrogens is 3. The maximum absolute atomic E-state index is 12.3. The molecule has 8 heteroatoms. The normalized spacial score (nSPS) is 12.5. The molecule has 0 radical (unpaired) electrons. The fourth-order valence-corrected chi connectivity index (χ4v) is 3.38. The fourth-order valence-electron chi connectivity index (χ4n) is 2.07. The fraction of sp³-hybridized carbons (Fsp3) is 0.353. The number of hydrogen-bond acceptors (Lipinski definition) is 6. The van der Waals surface area contributed by atoms with E-state index < -0.39 is 9.84 Å². The monoisotopic (exact) mass is 380 g/mol. The lowest BCUT2D eigenvalue weighted by molar-refractivity contribution is 0.543. The van der Waals surface area contributed by atoms with Crippen LogP contribution in [-0.4, -0.2) is 29.1 Å². The van der Waals surface area contributed by atoms with E-state index >= 15 is 0 Å². The molecule has 2 rings (SSSR count). The summed E-state index contributed by atoms with van der Waals surface area (Å²) in [6.45, 7) is 6.08. The van der Waals surface area contributed by atoms with Crippen molar-refractivity contribution in [1.29, 1.82) is 0 Å². The molecule has 134 valence electrons. The lowest BCUT2D eigenvalue weighted by Gasteiger charge is -2.11. The zero-order valence-corrected chi connectivity index (χ0v) is 16.0. The van der Waals surface area contributed by atoms with E-state index in [0.29, 0.717) is 17.2 Å². The van der Waals surface area contributed by atoms with Gasteiger partial charge in [-0.15, -0.1) is 0 Å². The molecular weight excluding hydrogens is 360 g/mol. The van der Waals surface area contributed by atoms with Crippen molar-refractivity contribution < 1.29 is 8.42 Å². The first kappa shape index (κ1) is 19.3. The van der Waals surface area contributed by atoms with E-state index in [1.165, 1.54) is 6.33 Å². The Balaban J connectivity index is 2.07. The van der Waals surface area contributed by atoms with Gasteiger partial charge in [-0.2, -0.15) is 4.98 Å². The van der Waals surface area contributed by atoms with Gasteiger partial charge in [0, 0.05) is 5.69 Å². The zero-order valence-electron chi connectivity index (χ0n) is 14.4. The van der Waals surface area contributed by atoms with Crippen LogP contribution in [0.1, 0.15) is 26.3 Å². The highest BCUT2D eigenvalue weighted by molar-refractivity contribution is 7.90. The van der Waals surface area contributed by atoms with E-state index in [4.69, 9.17) is 11.6 Å². The Morgan fingerprint density at radius 2 is 2.00 bits per heavy atom. The largest absolute Gasteiger partial charge is 0.324 e. The third-order valence-electron chi connectivity index (χ3n) is 3.08. The molecule has 1 heterocycles. The molecule has 0 aliphatic heterocycles. The van der Waals surface area contributed by atoms with Gasteiger partial charge in [0.15, 0.2) is 9.84 Å². The summed E-state index contributed by atoms with van der Waals surface area (Å²) in [6.07, 6.45) is 4.92. The van der Waals surface area contributed by atoms with Crippen molar-refractivity contribution in [2.24, 2.45) is 5.41 Å². The highest BCUT2D eigenvalue weighted by Crippen LogP contribution is 2.18. The predicted octanol–water partition coefficient (Wildman–Crippen LogP) is 3.79. The molecule has 25 heavy (non-hydrogen) atoms. The first-order valence-electron chi connectivity index (χ1n) is 7.72. The summed E-state index contributed by atoms with van der Waals surface area (Å²) < 4.78 is 24.6. The maximum atomic E-state index is 12.3. The molecule has 0 saturated carbocycles. The summed E-state index contributed by atoms with van der Waals surface area (Å²) in [5, 5.41) is 3.06. The van der Waals surface area contributed by atoms with Crippen LogP contribution in [0.5, 0.6) is 0 Å². The highest BCUT2D eigenvalue weighted by atomic mass is 35.5. The summed E-state index contributed by atoms with van der Waals surface area (Å²) >= 11 is 5.72. The van der Waals surface area contributed by atoms with Crippen molar-refractivity contribution in [2.75, 3.05) is 11.1 Å². The van der Waals surface area contributed by atoms with Gasteiger partial charge in [0.2, 0.25) is 11.2 Å². The number of halogens is 1. The quantitative estimate of drug-likeness (QED) is 0.767. The number of anilines is 2. The van der Waals surface area contributed by atoms with E-state index in [1.807, 2.05) is 26.8 Å². The van der Waals surface area contributed by atoms with Crippen LogP contribution in [0, 0.1) is 5.41 Å². The van der Waals surface area contributed by atoms with Crippen molar-refractivity contribution in [3.05, 3.63) is 53.6 Å². The van der Waals surface area contributed by atoms with Gasteiger partial charge in [-0.25, -0.2) is 18.4 Å². The maximum Gasteiger partial charge on any atom is 0.231 e. The topological polar surface area (TPSA) is 84.8 Å². The molecule has 0 spiro atoms. The van der Waals surface area contributed by atoms with Crippen LogP contribution in [0.2, 0.25) is 5.28 Å². The summed E-state index contributed by atoms with van der Waals surface area (Å²) in [7, 11) is -3.23. The average molecular weight is 381 g/mol. The SMILES string of the molecule is CC(C)(C)C=CCS(=O)(=O)Cc1cccc(Nc2ncnc(Cl)n2)c1. The Labute approximate surface area is 153 Å². The second kappa shape index (κ2) is 7.93. The molecule has 0 bridgehead atoms. The van der Waals surface area contributed by atoms with Gasteiger partial charge in [-0.05, 0) is 34.7 Å². The molecule has 0 saturated heterocycles. The van der Waals surface area contributed by atoms with Crippen molar-refractivity contribution in [2.45, 2.75) is 26.5 Å². The second-order valence-electron chi connectivity index (χ2n) is 6.73. The third-order valence-corrected chi connectivity index (χ3v) is 4.74. The molecule has 0 fully saturated rings. The van der Waals surface area contributed by atoms with Crippen molar-refractivity contribution in [3.63, 3.8) is 0 Å². The average Bonchev–Trinajstić information content (AvgIpc) is 2.45. The highest BCUT2D eigenvalue weighted by Gasteiger charge is 2.12. The first-order chi connectivity index (χ1) is 11.6. The minimum atomic E-state index is -3.23. The number of sulfone groups is 1. The molecule has 6 nitrogen and oxygen atoms in total. The number of rotatable bonds is 6. The van der Waals surface area contributed by atoms with Crippen molar-refractivity contribution >= 4 is 33.1 Å². The zero-order chi connectivity index (χ0) is 18.5. The lowest BCUT2D eigenvalue weighted by Crippen LogP contribution is -2.09. The third kappa shape index (κ3) is 7.19. The Kier molecular flexibility index (Phi) is 6.13. The lowest BCUT2D eigenvalue weighted by atomic mass is 9.97. The molecule has 1 aromatic heterocycles. The Morgan fingerprint density at radius 3 is 2.68 bits per heavy atom. The van der Waals surface area contributed by atoms with Gasteiger partial charge in [0.25, 0.3) is 0 Å². The standard InChI is InChI=1S/C17H21ClN4O2S/c1-17(2,3)8-5-9-25(23,24)11-13-6-4-7-14(10-13)21-16-20-12-19-15(18)22-16/h4-8,10,12H,9,11H2,1-3H3,(H,19,20,21,22). The smallest absolute Gasteiger partial charge is 0.231 e. The molecular formula is C17H21ClN4O2S. The van der Waals surface area contributed by atoms with E-state index in [9.17, 15) is 8.42 Å². The summed E-state index contributed by atoms with van der Waals surface area (Å²) in [4.78, 5) is 11.6. The number of allylic oxidation sites excluding steroid dienone is 1. The van der Waals surface area contributed by atoms with Crippen LogP contribution < -0.4 is 5.32 Å². The molecule has 0 aliphatic carbocycles. The summed E-state index contributed by atoms with van der Waals surface area (Å²) in [5.74, 6) is 0.285. The van der Waals surface area contributed by atoms with E-state index in [1.54, 1.807) is 30.3 Å². The number of benzene rings is 1. The number of nitrogens with one attached hydrogen (secondary N) is 1. The molecule has 1 aromatic carbocycles. The molecule has 2 aromatic rings. The Morgan fingerprint density at radius 1 is 1.24 bits per heavy atom. The summed E-state index contributed by atoms with van der Waals surface area (Å²) in [5.41, 5.74) is 1.33. The van der Waals surface area contributed by atoms with Gasteiger partial charge in [0.05, 0.1) is 11.5 Å². The second-order valence-corrected chi connectivity index (χ2v) is 9.17. The minimum Gasteiger partial charge on any atom is -0.324 e. The molecule has 0 unspecified atom stereocenters. The van der Waals surface area contributed by atoms with Crippen molar-refractivity contribution in [3.8, 4) is 0 Å². The van der Waals surface area contributed by atoms with E-state index in [2.05, 4.69) is 20.3 Å². The van der Waals surface area contributed by atoms with Crippen LogP contribution in [0.25, 0.3) is 0 Å². The van der Waals surface area contributed by atoms with E-state index in [-0.39, 0.29) is 22.2 Å². The van der Waals surface area contributed by atoms with Crippen LogP contribution in [0.4, 0.5) is 11.6 Å². The Hall–Kier alpha value is -1.99. The van der Waals surface area contributed by atoms with Crippen molar-refractivity contribution in [1.82, 2.24) is 15.0 Å². The minimum absolute atomic E-state index is 0.0188. The predicted molar refractivity (Wildman–Crippen MR) is 101 cm³/mol. The van der Waals surface area contributed by atoms with Crippen LogP contribution in [0.3, 0.4) is 0 Å². The van der Waals surface area contributed by atoms with Crippen LogP contribution in [0.15, 0.2) is 42.7 Å². The molecule has 0 aliphatic rings.